The summed E-state index contributed by atoms with van der Waals surface area (Å²) in [6.45, 7) is 1.98. The zero-order valence-electron chi connectivity index (χ0n) is 11.6. The molecule has 1 saturated carbocycles. The average Bonchev–Trinajstić information content (AvgIpc) is 2.98. The summed E-state index contributed by atoms with van der Waals surface area (Å²) in [4.78, 5) is 10.9. The molecule has 1 spiro atoms. The van der Waals surface area contributed by atoms with Gasteiger partial charge in [-0.3, -0.25) is 9.00 Å². The number of ether oxygens (including phenoxy) is 2. The van der Waals surface area contributed by atoms with Crippen molar-refractivity contribution in [1.29, 1.82) is 0 Å². The molecular formula is C14H22O5S. The van der Waals surface area contributed by atoms with Crippen LogP contribution in [0.25, 0.3) is 0 Å². The van der Waals surface area contributed by atoms with Gasteiger partial charge in [0.2, 0.25) is 0 Å². The Morgan fingerprint density at radius 1 is 1.30 bits per heavy atom. The maximum absolute atomic E-state index is 12.6. The summed E-state index contributed by atoms with van der Waals surface area (Å²) in [5.74, 6) is -0.229. The van der Waals surface area contributed by atoms with Crippen molar-refractivity contribution in [2.75, 3.05) is 25.6 Å². The van der Waals surface area contributed by atoms with Gasteiger partial charge in [-0.05, 0) is 31.1 Å². The Hall–Kier alpha value is -0.460. The number of hydrogen-bond donors (Lipinski definition) is 1. The number of carboxylic acids is 1. The van der Waals surface area contributed by atoms with Crippen LogP contribution in [0.1, 0.15) is 38.5 Å². The first kappa shape index (κ1) is 14.5. The second-order valence-corrected chi connectivity index (χ2v) is 8.26. The minimum Gasteiger partial charge on any atom is -0.481 e. The van der Waals surface area contributed by atoms with Gasteiger partial charge in [-0.25, -0.2) is 0 Å². The van der Waals surface area contributed by atoms with Gasteiger partial charge in [-0.2, -0.15) is 0 Å². The number of carbonyl (C=O) groups is 1. The van der Waals surface area contributed by atoms with Crippen LogP contribution >= 0.6 is 0 Å². The first-order chi connectivity index (χ1) is 9.53. The van der Waals surface area contributed by atoms with Crippen molar-refractivity contribution in [2.45, 2.75) is 49.4 Å². The highest BCUT2D eigenvalue weighted by molar-refractivity contribution is 7.85. The van der Waals surface area contributed by atoms with E-state index in [-0.39, 0.29) is 22.7 Å². The second kappa shape index (κ2) is 5.39. The monoisotopic (exact) mass is 302 g/mol. The number of rotatable bonds is 5. The number of hydrogen-bond acceptors (Lipinski definition) is 4. The zero-order valence-corrected chi connectivity index (χ0v) is 12.5. The van der Waals surface area contributed by atoms with Crippen LogP contribution in [0, 0.1) is 5.41 Å². The minimum absolute atomic E-state index is 0.136. The number of carboxylic acid groups (broad SMARTS) is 1. The molecule has 3 atom stereocenters. The van der Waals surface area contributed by atoms with Crippen molar-refractivity contribution in [3.05, 3.63) is 0 Å². The highest BCUT2D eigenvalue weighted by Gasteiger charge is 2.48. The van der Waals surface area contributed by atoms with E-state index in [1.54, 1.807) is 0 Å². The first-order valence-electron chi connectivity index (χ1n) is 7.33. The van der Waals surface area contributed by atoms with Gasteiger partial charge in [0, 0.05) is 41.4 Å². The van der Waals surface area contributed by atoms with Crippen LogP contribution in [0.3, 0.4) is 0 Å². The minimum atomic E-state index is -0.951. The van der Waals surface area contributed by atoms with Gasteiger partial charge in [0.25, 0.3) is 0 Å². The van der Waals surface area contributed by atoms with E-state index < -0.39 is 16.8 Å². The van der Waals surface area contributed by atoms with E-state index in [0.29, 0.717) is 19.0 Å². The van der Waals surface area contributed by atoms with Gasteiger partial charge < -0.3 is 14.6 Å². The summed E-state index contributed by atoms with van der Waals surface area (Å²) in [6.07, 6.45) is 4.47. The molecule has 0 aromatic heterocycles. The molecule has 1 aliphatic carbocycles. The molecule has 3 fully saturated rings. The standard InChI is InChI=1S/C14H22O5S/c15-12(16)8-13(2-3-13)10-20(17)11-1-5-19-14(7-11)4-6-18-9-14/h11H,1-10H2,(H,15,16). The van der Waals surface area contributed by atoms with Crippen LogP contribution in [-0.4, -0.2) is 51.7 Å². The van der Waals surface area contributed by atoms with Crippen LogP contribution in [0.4, 0.5) is 0 Å². The molecule has 0 bridgehead atoms. The van der Waals surface area contributed by atoms with Crippen molar-refractivity contribution >= 4 is 16.8 Å². The van der Waals surface area contributed by atoms with Gasteiger partial charge in [0.15, 0.2) is 0 Å². The van der Waals surface area contributed by atoms with Gasteiger partial charge in [-0.15, -0.1) is 0 Å². The predicted octanol–water partition coefficient (Wildman–Crippen LogP) is 1.33. The molecule has 0 aromatic rings. The maximum atomic E-state index is 12.6. The van der Waals surface area contributed by atoms with Crippen LogP contribution in [0.15, 0.2) is 0 Å². The van der Waals surface area contributed by atoms with Gasteiger partial charge >= 0.3 is 5.97 Å². The van der Waals surface area contributed by atoms with Crippen LogP contribution < -0.4 is 0 Å². The van der Waals surface area contributed by atoms with Crippen molar-refractivity contribution in [2.24, 2.45) is 5.41 Å². The summed E-state index contributed by atoms with van der Waals surface area (Å²) in [5, 5.41) is 9.08. The molecule has 1 N–H and O–H groups in total. The average molecular weight is 302 g/mol. The lowest BCUT2D eigenvalue weighted by atomic mass is 9.93. The van der Waals surface area contributed by atoms with E-state index in [2.05, 4.69) is 0 Å². The lowest BCUT2D eigenvalue weighted by Gasteiger charge is -2.37. The molecule has 0 amide bonds. The molecule has 5 nitrogen and oxygen atoms in total. The van der Waals surface area contributed by atoms with E-state index in [1.165, 1.54) is 0 Å². The topological polar surface area (TPSA) is 72.8 Å². The van der Waals surface area contributed by atoms with Crippen molar-refractivity contribution in [3.8, 4) is 0 Å². The van der Waals surface area contributed by atoms with Crippen LogP contribution in [-0.2, 0) is 25.1 Å². The van der Waals surface area contributed by atoms with Gasteiger partial charge in [0.1, 0.15) is 0 Å². The highest BCUT2D eigenvalue weighted by atomic mass is 32.2. The third-order valence-corrected chi connectivity index (χ3v) is 6.86. The quantitative estimate of drug-likeness (QED) is 0.829. The Morgan fingerprint density at radius 3 is 2.70 bits per heavy atom. The Labute approximate surface area is 121 Å². The lowest BCUT2D eigenvalue weighted by molar-refractivity contribution is -0.138. The van der Waals surface area contributed by atoms with E-state index in [4.69, 9.17) is 14.6 Å². The Bertz CT molecular complexity index is 412. The molecule has 6 heteroatoms. The van der Waals surface area contributed by atoms with E-state index >= 15 is 0 Å². The smallest absolute Gasteiger partial charge is 0.303 e. The fourth-order valence-corrected chi connectivity index (χ4v) is 5.44. The first-order valence-corrected chi connectivity index (χ1v) is 8.72. The molecule has 2 saturated heterocycles. The summed E-state index contributed by atoms with van der Waals surface area (Å²) < 4.78 is 23.9. The fourth-order valence-electron chi connectivity index (χ4n) is 3.36. The van der Waals surface area contributed by atoms with E-state index in [0.717, 1.165) is 38.7 Å². The van der Waals surface area contributed by atoms with Gasteiger partial charge in [0.05, 0.1) is 18.6 Å². The molecule has 114 valence electrons. The van der Waals surface area contributed by atoms with Crippen LogP contribution in [0.5, 0.6) is 0 Å². The Kier molecular flexibility index (Phi) is 3.90. The summed E-state index contributed by atoms with van der Waals surface area (Å²) in [6, 6.07) is 0. The SMILES string of the molecule is O=C(O)CC1(CS(=O)C2CCOC3(CCOC3)C2)CC1. The molecule has 3 aliphatic rings. The Morgan fingerprint density at radius 2 is 2.10 bits per heavy atom. The molecule has 20 heavy (non-hydrogen) atoms. The van der Waals surface area contributed by atoms with Crippen LogP contribution in [0.2, 0.25) is 0 Å². The molecule has 2 aliphatic heterocycles. The summed E-state index contributed by atoms with van der Waals surface area (Å²) in [7, 11) is -0.951. The molecule has 3 rings (SSSR count). The zero-order chi connectivity index (χ0) is 14.2. The normalized spacial score (nSPS) is 36.9. The third kappa shape index (κ3) is 3.07. The van der Waals surface area contributed by atoms with E-state index in [9.17, 15) is 9.00 Å². The lowest BCUT2D eigenvalue weighted by Crippen LogP contribution is -2.44. The maximum Gasteiger partial charge on any atom is 0.303 e. The fraction of sp³-hybridized carbons (Fsp3) is 0.929. The van der Waals surface area contributed by atoms with Gasteiger partial charge in [-0.1, -0.05) is 0 Å². The third-order valence-electron chi connectivity index (χ3n) is 4.82. The predicted molar refractivity (Wildman–Crippen MR) is 74.1 cm³/mol. The molecule has 2 heterocycles. The summed E-state index contributed by atoms with van der Waals surface area (Å²) in [5.41, 5.74) is -0.406. The molecule has 0 radical (unpaired) electrons. The van der Waals surface area contributed by atoms with Crippen molar-refractivity contribution < 1.29 is 23.6 Å². The summed E-state index contributed by atoms with van der Waals surface area (Å²) >= 11 is 0. The largest absolute Gasteiger partial charge is 0.481 e. The van der Waals surface area contributed by atoms with Crippen molar-refractivity contribution in [1.82, 2.24) is 0 Å². The van der Waals surface area contributed by atoms with Crippen molar-refractivity contribution in [3.63, 3.8) is 0 Å². The second-order valence-electron chi connectivity index (χ2n) is 6.54. The molecular weight excluding hydrogens is 280 g/mol. The number of aliphatic carboxylic acids is 1. The molecule has 3 unspecified atom stereocenters. The van der Waals surface area contributed by atoms with E-state index in [1.807, 2.05) is 0 Å². The molecule has 0 aromatic carbocycles. The highest BCUT2D eigenvalue weighted by Crippen LogP contribution is 2.50. The Balaban J connectivity index is 1.58.